The lowest BCUT2D eigenvalue weighted by Crippen LogP contribution is -2.49. The molecule has 32 heavy (non-hydrogen) atoms. The van der Waals surface area contributed by atoms with Crippen molar-refractivity contribution in [3.63, 3.8) is 0 Å². The van der Waals surface area contributed by atoms with Crippen molar-refractivity contribution in [2.75, 3.05) is 23.4 Å². The van der Waals surface area contributed by atoms with Gasteiger partial charge in [0.05, 0.1) is 23.5 Å². The predicted molar refractivity (Wildman–Crippen MR) is 132 cm³/mol. The van der Waals surface area contributed by atoms with Crippen molar-refractivity contribution >= 4 is 27.0 Å². The third-order valence-corrected chi connectivity index (χ3v) is 7.73. The van der Waals surface area contributed by atoms with Gasteiger partial charge in [0.1, 0.15) is 0 Å². The summed E-state index contributed by atoms with van der Waals surface area (Å²) in [6.45, 7) is 12.2. The van der Waals surface area contributed by atoms with E-state index in [1.54, 1.807) is 4.90 Å². The molecule has 0 N–H and O–H groups in total. The van der Waals surface area contributed by atoms with Crippen molar-refractivity contribution in [1.29, 1.82) is 0 Å². The minimum absolute atomic E-state index is 0.174. The number of pyridine rings is 1. The Kier molecular flexibility index (Phi) is 6.20. The Hall–Kier alpha value is -2.18. The lowest BCUT2D eigenvalue weighted by atomic mass is 9.95. The van der Waals surface area contributed by atoms with Gasteiger partial charge >= 0.3 is 0 Å². The van der Waals surface area contributed by atoms with Crippen molar-refractivity contribution in [2.45, 2.75) is 77.0 Å². The second kappa shape index (κ2) is 8.63. The van der Waals surface area contributed by atoms with Gasteiger partial charge in [0.2, 0.25) is 15.7 Å². The van der Waals surface area contributed by atoms with Crippen LogP contribution in [0.5, 0.6) is 0 Å². The highest BCUT2D eigenvalue weighted by atomic mass is 28.2. The fourth-order valence-electron chi connectivity index (χ4n) is 4.73. The van der Waals surface area contributed by atoms with E-state index in [0.29, 0.717) is 22.2 Å². The summed E-state index contributed by atoms with van der Waals surface area (Å²) in [5, 5.41) is 0.174. The van der Waals surface area contributed by atoms with Crippen molar-refractivity contribution in [3.05, 3.63) is 42.2 Å². The number of hydrogen-bond donors (Lipinski definition) is 0. The Bertz CT molecular complexity index is 999. The summed E-state index contributed by atoms with van der Waals surface area (Å²) in [7, 11) is 2.33. The average Bonchev–Trinajstić information content (AvgIpc) is 3.26. The maximum Gasteiger partial charge on any atom is 0.236 e. The summed E-state index contributed by atoms with van der Waals surface area (Å²) in [5.41, 5.74) is 5.46. The van der Waals surface area contributed by atoms with Crippen LogP contribution in [-0.2, 0) is 15.6 Å². The van der Waals surface area contributed by atoms with Gasteiger partial charge in [0, 0.05) is 37.5 Å². The SMILES string of the molecule is CN1C(=O)CCc2cc(-c3cncc(N4CCC[C@@H]4C(C)(C)O[Si]C(C)(C)C)c3)ccc21. The Morgan fingerprint density at radius 3 is 2.59 bits per heavy atom. The number of rotatable bonds is 5. The van der Waals surface area contributed by atoms with Gasteiger partial charge in [-0.3, -0.25) is 9.78 Å². The van der Waals surface area contributed by atoms with Crippen LogP contribution in [0.3, 0.4) is 0 Å². The van der Waals surface area contributed by atoms with E-state index in [9.17, 15) is 4.79 Å². The zero-order valence-corrected chi connectivity index (χ0v) is 21.2. The van der Waals surface area contributed by atoms with E-state index in [4.69, 9.17) is 4.43 Å². The number of aromatic nitrogens is 1. The van der Waals surface area contributed by atoms with Crippen LogP contribution in [0.2, 0.25) is 5.04 Å². The summed E-state index contributed by atoms with van der Waals surface area (Å²) in [6.07, 6.45) is 7.59. The molecule has 1 amide bonds. The molecule has 0 unspecified atom stereocenters. The molecule has 0 aliphatic carbocycles. The van der Waals surface area contributed by atoms with Crippen molar-refractivity contribution in [2.24, 2.45) is 0 Å². The Balaban J connectivity index is 1.58. The molecule has 2 aromatic rings. The first-order valence-electron chi connectivity index (χ1n) is 11.6. The minimum atomic E-state index is -0.221. The lowest BCUT2D eigenvalue weighted by molar-refractivity contribution is -0.118. The number of nitrogens with zero attached hydrogens (tertiary/aromatic N) is 3. The molecule has 5 nitrogen and oxygen atoms in total. The number of carbonyl (C=O) groups excluding carboxylic acids is 1. The van der Waals surface area contributed by atoms with Crippen molar-refractivity contribution in [1.82, 2.24) is 4.98 Å². The van der Waals surface area contributed by atoms with Crippen LogP contribution in [0.4, 0.5) is 11.4 Å². The monoisotopic (exact) mass is 449 g/mol. The van der Waals surface area contributed by atoms with Crippen LogP contribution in [0.15, 0.2) is 36.7 Å². The molecule has 0 bridgehead atoms. The number of hydrogen-bond acceptors (Lipinski definition) is 4. The summed E-state index contributed by atoms with van der Waals surface area (Å²) in [5.74, 6) is 0.186. The third-order valence-electron chi connectivity index (χ3n) is 6.49. The molecule has 1 atom stereocenters. The Morgan fingerprint density at radius 2 is 1.84 bits per heavy atom. The summed E-state index contributed by atoms with van der Waals surface area (Å²) < 4.78 is 6.46. The first kappa shape index (κ1) is 23.0. The number of carbonyl (C=O) groups is 1. The van der Waals surface area contributed by atoms with Gasteiger partial charge in [-0.25, -0.2) is 0 Å². The van der Waals surface area contributed by atoms with E-state index < -0.39 is 0 Å². The second-order valence-electron chi connectivity index (χ2n) is 10.6. The van der Waals surface area contributed by atoms with Gasteiger partial charge in [-0.1, -0.05) is 26.8 Å². The maximum absolute atomic E-state index is 12.0. The van der Waals surface area contributed by atoms with Crippen LogP contribution >= 0.6 is 0 Å². The molecule has 2 aliphatic rings. The lowest BCUT2D eigenvalue weighted by Gasteiger charge is -2.40. The van der Waals surface area contributed by atoms with Gasteiger partial charge in [-0.05, 0) is 67.5 Å². The fourth-order valence-corrected chi connectivity index (χ4v) is 5.44. The molecular formula is C26H35N3O2Si. The second-order valence-corrected chi connectivity index (χ2v) is 12.5. The van der Waals surface area contributed by atoms with Crippen LogP contribution in [0.25, 0.3) is 11.1 Å². The molecule has 1 aromatic carbocycles. The fraction of sp³-hybridized carbons (Fsp3) is 0.538. The van der Waals surface area contributed by atoms with E-state index in [1.165, 1.54) is 12.0 Å². The van der Waals surface area contributed by atoms with E-state index >= 15 is 0 Å². The van der Waals surface area contributed by atoms with Gasteiger partial charge in [0.15, 0.2) is 0 Å². The molecule has 1 saturated heterocycles. The number of amides is 1. The average molecular weight is 450 g/mol. The molecule has 0 saturated carbocycles. The topological polar surface area (TPSA) is 45.7 Å². The molecule has 2 radical (unpaired) electrons. The molecular weight excluding hydrogens is 414 g/mol. The first-order valence-corrected chi connectivity index (χ1v) is 12.5. The summed E-state index contributed by atoms with van der Waals surface area (Å²) in [6, 6.07) is 8.98. The van der Waals surface area contributed by atoms with E-state index in [2.05, 4.69) is 68.8 Å². The first-order chi connectivity index (χ1) is 15.0. The van der Waals surface area contributed by atoms with E-state index in [1.807, 2.05) is 19.4 Å². The largest absolute Gasteiger partial charge is 0.410 e. The number of aryl methyl sites for hydroxylation is 1. The molecule has 1 fully saturated rings. The molecule has 2 aliphatic heterocycles. The third kappa shape index (κ3) is 4.76. The number of anilines is 2. The molecule has 6 heteroatoms. The van der Waals surface area contributed by atoms with Crippen LogP contribution in [0.1, 0.15) is 59.4 Å². The molecule has 170 valence electrons. The molecule has 4 rings (SSSR count). The van der Waals surface area contributed by atoms with E-state index in [-0.39, 0.29) is 16.5 Å². The summed E-state index contributed by atoms with van der Waals surface area (Å²) >= 11 is 0. The van der Waals surface area contributed by atoms with Gasteiger partial charge in [0.25, 0.3) is 0 Å². The Labute approximate surface area is 195 Å². The molecule has 0 spiro atoms. The molecule has 3 heterocycles. The minimum Gasteiger partial charge on any atom is -0.410 e. The quantitative estimate of drug-likeness (QED) is 0.584. The zero-order valence-electron chi connectivity index (χ0n) is 20.2. The van der Waals surface area contributed by atoms with Crippen LogP contribution < -0.4 is 9.80 Å². The number of benzene rings is 1. The Morgan fingerprint density at radius 1 is 1.06 bits per heavy atom. The van der Waals surface area contributed by atoms with Gasteiger partial charge in [-0.15, -0.1) is 0 Å². The highest BCUT2D eigenvalue weighted by Crippen LogP contribution is 2.37. The van der Waals surface area contributed by atoms with Crippen molar-refractivity contribution in [3.8, 4) is 11.1 Å². The van der Waals surface area contributed by atoms with Crippen LogP contribution in [0, 0.1) is 0 Å². The standard InChI is InChI=1S/C26H35N3O2Si/c1-25(2,3)32-31-26(4,5)23-8-7-13-29(23)21-15-20(16-27-17-21)18-9-11-22-19(14-18)10-12-24(30)28(22)6/h9,11,14-17,23H,7-8,10,12-13H2,1-6H3/t23-/m1/s1. The van der Waals surface area contributed by atoms with E-state index in [0.717, 1.165) is 41.9 Å². The maximum atomic E-state index is 12.0. The molecule has 1 aromatic heterocycles. The predicted octanol–water partition coefficient (Wildman–Crippen LogP) is 5.26. The summed E-state index contributed by atoms with van der Waals surface area (Å²) in [4.78, 5) is 20.9. The normalized spacial score (nSPS) is 19.4. The number of fused-ring (bicyclic) bond motifs is 1. The zero-order chi connectivity index (χ0) is 23.1. The highest BCUT2D eigenvalue weighted by molar-refractivity contribution is 6.31. The highest BCUT2D eigenvalue weighted by Gasteiger charge is 2.39. The smallest absolute Gasteiger partial charge is 0.236 e. The van der Waals surface area contributed by atoms with Gasteiger partial charge in [-0.2, -0.15) is 0 Å². The van der Waals surface area contributed by atoms with Gasteiger partial charge < -0.3 is 14.2 Å². The van der Waals surface area contributed by atoms with Crippen molar-refractivity contribution < 1.29 is 9.22 Å². The van der Waals surface area contributed by atoms with Crippen LogP contribution in [-0.4, -0.2) is 45.9 Å².